The van der Waals surface area contributed by atoms with Gasteiger partial charge >= 0.3 is 13.6 Å². The number of carbonyl (C=O) groups is 1. The van der Waals surface area contributed by atoms with Crippen molar-refractivity contribution in [2.45, 2.75) is 33.6 Å². The highest BCUT2D eigenvalue weighted by atomic mass is 31.2. The maximum atomic E-state index is 14.3. The van der Waals surface area contributed by atoms with Crippen LogP contribution in [0, 0.1) is 5.41 Å². The van der Waals surface area contributed by atoms with Crippen molar-refractivity contribution in [3.05, 3.63) is 93.2 Å². The molecule has 3 heterocycles. The van der Waals surface area contributed by atoms with Crippen LogP contribution in [0.3, 0.4) is 0 Å². The fourth-order valence-corrected chi connectivity index (χ4v) is 7.39. The quantitative estimate of drug-likeness (QED) is 0.180. The molecule has 1 unspecified atom stereocenters. The van der Waals surface area contributed by atoms with Crippen LogP contribution in [0.15, 0.2) is 86.6 Å². The maximum Gasteiger partial charge on any atom is 0.360 e. The summed E-state index contributed by atoms with van der Waals surface area (Å²) in [5, 5.41) is 4.25. The van der Waals surface area contributed by atoms with Crippen molar-refractivity contribution in [1.29, 1.82) is 0 Å². The van der Waals surface area contributed by atoms with Gasteiger partial charge in [0.2, 0.25) is 5.43 Å². The van der Waals surface area contributed by atoms with Gasteiger partial charge in [-0.15, -0.1) is 0 Å². The van der Waals surface area contributed by atoms with Crippen LogP contribution in [0.1, 0.15) is 39.2 Å². The second kappa shape index (κ2) is 9.70. The predicted octanol–water partition coefficient (Wildman–Crippen LogP) is 6.13. The normalized spacial score (nSPS) is 20.9. The van der Waals surface area contributed by atoms with E-state index in [-0.39, 0.29) is 41.6 Å². The molecule has 2 aromatic carbocycles. The average molecular weight is 536 g/mol. The van der Waals surface area contributed by atoms with Crippen LogP contribution in [0.5, 0.6) is 0 Å². The van der Waals surface area contributed by atoms with E-state index in [4.69, 9.17) is 18.2 Å². The molecule has 9 heteroatoms. The molecule has 1 N–H and O–H groups in total. The topological polar surface area (TPSA) is 104 Å². The Bertz CT molecular complexity index is 1630. The molecule has 5 rings (SSSR count). The summed E-state index contributed by atoms with van der Waals surface area (Å²) in [6.07, 6.45) is 1.47. The van der Waals surface area contributed by atoms with Crippen LogP contribution in [0.2, 0.25) is 0 Å². The Kier molecular flexibility index (Phi) is 6.68. The second-order valence-corrected chi connectivity index (χ2v) is 12.3. The van der Waals surface area contributed by atoms with Gasteiger partial charge in [0.1, 0.15) is 17.8 Å². The van der Waals surface area contributed by atoms with Gasteiger partial charge in [-0.2, -0.15) is 0 Å². The minimum absolute atomic E-state index is 0.00548. The zero-order valence-corrected chi connectivity index (χ0v) is 22.7. The van der Waals surface area contributed by atoms with Crippen LogP contribution >= 0.6 is 7.60 Å². The SMILES string of the molecule is C=CCOC(=O)C1=C(C)NC(C)=C(P2(=O)OCC(C)(C)CO2)C1c1cccc2c(=O)c3ccccc3oc12. The number of carbonyl (C=O) groups excluding carboxylic acids is 1. The number of para-hydroxylation sites is 2. The van der Waals surface area contributed by atoms with Crippen LogP contribution in [-0.4, -0.2) is 25.8 Å². The fraction of sp³-hybridized carbons (Fsp3) is 0.310. The molecule has 1 fully saturated rings. The molecule has 0 aliphatic carbocycles. The third kappa shape index (κ3) is 4.43. The van der Waals surface area contributed by atoms with Gasteiger partial charge in [0.15, 0.2) is 0 Å². The number of ether oxygens (including phenoxy) is 1. The lowest BCUT2D eigenvalue weighted by atomic mass is 9.85. The van der Waals surface area contributed by atoms with E-state index in [0.717, 1.165) is 0 Å². The van der Waals surface area contributed by atoms with Gasteiger partial charge < -0.3 is 23.5 Å². The molecule has 3 aromatic rings. The summed E-state index contributed by atoms with van der Waals surface area (Å²) in [6, 6.07) is 12.1. The van der Waals surface area contributed by atoms with Gasteiger partial charge in [0, 0.05) is 22.4 Å². The van der Waals surface area contributed by atoms with Gasteiger partial charge in [-0.1, -0.05) is 50.8 Å². The standard InChI is InChI=1S/C29H30NO7P/c1-6-14-34-28(32)23-17(2)30-18(3)27(38(33)35-15-29(4,5)16-36-38)24(23)20-11-9-12-21-25(31)19-10-7-8-13-22(19)37-26(20)21/h6-13,24,30H,1,14-16H2,2-5H3. The summed E-state index contributed by atoms with van der Waals surface area (Å²) >= 11 is 0. The first kappa shape index (κ1) is 26.2. The van der Waals surface area contributed by atoms with Gasteiger partial charge in [0.05, 0.1) is 40.8 Å². The van der Waals surface area contributed by atoms with E-state index in [9.17, 15) is 14.2 Å². The second-order valence-electron chi connectivity index (χ2n) is 10.4. The van der Waals surface area contributed by atoms with Crippen molar-refractivity contribution in [2.24, 2.45) is 5.41 Å². The molecule has 2 aliphatic heterocycles. The van der Waals surface area contributed by atoms with E-state index in [1.165, 1.54) is 6.08 Å². The van der Waals surface area contributed by atoms with E-state index >= 15 is 0 Å². The van der Waals surface area contributed by atoms with Crippen molar-refractivity contribution < 1.29 is 27.6 Å². The Morgan fingerprint density at radius 2 is 1.79 bits per heavy atom. The molecule has 2 aliphatic rings. The Morgan fingerprint density at radius 3 is 2.50 bits per heavy atom. The van der Waals surface area contributed by atoms with Crippen LogP contribution in [0.25, 0.3) is 21.9 Å². The number of rotatable bonds is 5. The molecule has 0 saturated carbocycles. The van der Waals surface area contributed by atoms with Crippen molar-refractivity contribution in [2.75, 3.05) is 19.8 Å². The number of nitrogens with one attached hydrogen (secondary N) is 1. The van der Waals surface area contributed by atoms with Crippen molar-refractivity contribution >= 4 is 35.5 Å². The Morgan fingerprint density at radius 1 is 1.11 bits per heavy atom. The Labute approximate surface area is 220 Å². The van der Waals surface area contributed by atoms with Crippen LogP contribution in [0.4, 0.5) is 0 Å². The molecule has 8 nitrogen and oxygen atoms in total. The fourth-order valence-electron chi connectivity index (χ4n) is 4.94. The first-order chi connectivity index (χ1) is 18.1. The molecule has 1 aromatic heterocycles. The van der Waals surface area contributed by atoms with Crippen LogP contribution in [-0.2, 0) is 23.1 Å². The van der Waals surface area contributed by atoms with Gasteiger partial charge in [-0.3, -0.25) is 9.36 Å². The molecule has 0 bridgehead atoms. The van der Waals surface area contributed by atoms with Gasteiger partial charge in [-0.05, 0) is 32.0 Å². The summed E-state index contributed by atoms with van der Waals surface area (Å²) in [4.78, 5) is 26.9. The Hall–Kier alpha value is -3.45. The highest BCUT2D eigenvalue weighted by Gasteiger charge is 2.48. The molecule has 1 atom stereocenters. The molecule has 38 heavy (non-hydrogen) atoms. The lowest BCUT2D eigenvalue weighted by Gasteiger charge is -2.39. The summed E-state index contributed by atoms with van der Waals surface area (Å²) < 4.78 is 38.0. The maximum absolute atomic E-state index is 14.3. The van der Waals surface area contributed by atoms with E-state index in [0.29, 0.717) is 38.9 Å². The first-order valence-corrected chi connectivity index (χ1v) is 13.9. The molecule has 0 amide bonds. The van der Waals surface area contributed by atoms with Crippen molar-refractivity contribution in [1.82, 2.24) is 5.32 Å². The third-order valence-electron chi connectivity index (χ3n) is 6.77. The van der Waals surface area contributed by atoms with E-state index < -0.39 is 19.5 Å². The Balaban J connectivity index is 1.79. The number of hydrogen-bond acceptors (Lipinski definition) is 8. The molecular weight excluding hydrogens is 505 g/mol. The summed E-state index contributed by atoms with van der Waals surface area (Å²) in [5.41, 5.74) is 1.94. The monoisotopic (exact) mass is 535 g/mol. The number of fused-ring (bicyclic) bond motifs is 2. The smallest absolute Gasteiger partial charge is 0.360 e. The van der Waals surface area contributed by atoms with Crippen LogP contribution < -0.4 is 10.7 Å². The first-order valence-electron chi connectivity index (χ1n) is 12.4. The minimum Gasteiger partial charge on any atom is -0.458 e. The summed E-state index contributed by atoms with van der Waals surface area (Å²) in [7, 11) is -3.88. The minimum atomic E-state index is -3.88. The van der Waals surface area contributed by atoms with Gasteiger partial charge in [-0.25, -0.2) is 4.79 Å². The third-order valence-corrected chi connectivity index (χ3v) is 8.89. The zero-order valence-electron chi connectivity index (χ0n) is 21.8. The van der Waals surface area contributed by atoms with E-state index in [1.54, 1.807) is 56.3 Å². The van der Waals surface area contributed by atoms with Gasteiger partial charge in [0.25, 0.3) is 0 Å². The molecule has 0 spiro atoms. The summed E-state index contributed by atoms with van der Waals surface area (Å²) in [6.45, 7) is 11.5. The molecule has 0 radical (unpaired) electrons. The average Bonchev–Trinajstić information content (AvgIpc) is 2.88. The highest BCUT2D eigenvalue weighted by Crippen LogP contribution is 2.66. The largest absolute Gasteiger partial charge is 0.458 e. The summed E-state index contributed by atoms with van der Waals surface area (Å²) in [5.74, 6) is -1.54. The zero-order chi connectivity index (χ0) is 27.2. The van der Waals surface area contributed by atoms with E-state index in [1.807, 2.05) is 13.8 Å². The number of dihydropyridines is 1. The number of esters is 1. The molecule has 1 saturated heterocycles. The lowest BCUT2D eigenvalue weighted by molar-refractivity contribution is -0.138. The lowest BCUT2D eigenvalue weighted by Crippen LogP contribution is -2.34. The number of benzene rings is 2. The number of hydrogen-bond donors (Lipinski definition) is 1. The highest BCUT2D eigenvalue weighted by molar-refractivity contribution is 7.58. The van der Waals surface area contributed by atoms with E-state index in [2.05, 4.69) is 11.9 Å². The molecule has 198 valence electrons. The number of allylic oxidation sites excluding steroid dienone is 3. The van der Waals surface area contributed by atoms with Crippen molar-refractivity contribution in [3.63, 3.8) is 0 Å². The predicted molar refractivity (Wildman–Crippen MR) is 146 cm³/mol. The van der Waals surface area contributed by atoms with Crippen molar-refractivity contribution in [3.8, 4) is 0 Å². The molecular formula is C29H30NO7P.